The van der Waals surface area contributed by atoms with Gasteiger partial charge in [0.2, 0.25) is 0 Å². The highest BCUT2D eigenvalue weighted by Gasteiger charge is 2.28. The molecule has 0 aliphatic rings. The molecule has 1 heterocycles. The van der Waals surface area contributed by atoms with Gasteiger partial charge >= 0.3 is 5.97 Å². The highest BCUT2D eigenvalue weighted by Crippen LogP contribution is 2.33. The van der Waals surface area contributed by atoms with Crippen molar-refractivity contribution >= 4 is 5.97 Å². The van der Waals surface area contributed by atoms with Crippen molar-refractivity contribution < 1.29 is 18.7 Å². The van der Waals surface area contributed by atoms with Crippen LogP contribution in [0.4, 0.5) is 8.78 Å². The van der Waals surface area contributed by atoms with E-state index < -0.39 is 11.9 Å². The fraction of sp³-hybridized carbons (Fsp3) is 0.263. The summed E-state index contributed by atoms with van der Waals surface area (Å²) in [4.78, 5) is 15.1. The molecular weight excluding hydrogens is 312 g/mol. The quantitative estimate of drug-likeness (QED) is 0.840. The molecule has 0 amide bonds. The number of hydrogen-bond acceptors (Lipinski definition) is 2. The summed E-state index contributed by atoms with van der Waals surface area (Å²) < 4.78 is 27.9. The molecule has 0 fully saturated rings. The van der Waals surface area contributed by atoms with E-state index in [1.807, 2.05) is 13.8 Å². The smallest absolute Gasteiger partial charge is 0.335 e. The van der Waals surface area contributed by atoms with E-state index in [9.17, 15) is 13.6 Å². The minimum atomic E-state index is -3.07. The summed E-state index contributed by atoms with van der Waals surface area (Å²) in [7, 11) is 0. The fourth-order valence-corrected chi connectivity index (χ4v) is 2.12. The number of alkyl halides is 2. The lowest BCUT2D eigenvalue weighted by atomic mass is 9.97. The van der Waals surface area contributed by atoms with Gasteiger partial charge < -0.3 is 5.11 Å². The van der Waals surface area contributed by atoms with Crippen LogP contribution >= 0.6 is 0 Å². The van der Waals surface area contributed by atoms with E-state index in [1.165, 1.54) is 30.5 Å². The molecule has 0 bridgehead atoms. The van der Waals surface area contributed by atoms with Crippen LogP contribution in [0.25, 0.3) is 11.3 Å². The van der Waals surface area contributed by atoms with Crippen LogP contribution in [0.1, 0.15) is 42.3 Å². The maximum Gasteiger partial charge on any atom is 0.335 e. The Hall–Kier alpha value is -2.74. The van der Waals surface area contributed by atoms with Gasteiger partial charge in [-0.1, -0.05) is 31.8 Å². The SMILES string of the molecule is CC(C)C#Cc1ccc(-c2cc(C(=O)O)ccn2)cc1C(C)(F)F. The van der Waals surface area contributed by atoms with Crippen molar-refractivity contribution in [1.82, 2.24) is 4.98 Å². The van der Waals surface area contributed by atoms with Crippen molar-refractivity contribution in [3.05, 3.63) is 53.2 Å². The largest absolute Gasteiger partial charge is 0.478 e. The molecule has 1 aromatic heterocycles. The Morgan fingerprint density at radius 2 is 1.96 bits per heavy atom. The minimum Gasteiger partial charge on any atom is -0.478 e. The number of pyridine rings is 1. The van der Waals surface area contributed by atoms with E-state index in [0.29, 0.717) is 11.3 Å². The molecule has 0 unspecified atom stereocenters. The second kappa shape index (κ2) is 6.79. The minimum absolute atomic E-state index is 0.0495. The van der Waals surface area contributed by atoms with Gasteiger partial charge in [0.1, 0.15) is 0 Å². The summed E-state index contributed by atoms with van der Waals surface area (Å²) in [6, 6.07) is 7.16. The van der Waals surface area contributed by atoms with Crippen molar-refractivity contribution in [2.45, 2.75) is 26.7 Å². The maximum atomic E-state index is 14.0. The predicted octanol–water partition coefficient (Wildman–Crippen LogP) is 4.57. The molecule has 3 nitrogen and oxygen atoms in total. The number of aromatic carboxylic acids is 1. The summed E-state index contributed by atoms with van der Waals surface area (Å²) in [5, 5.41) is 9.04. The zero-order chi connectivity index (χ0) is 17.9. The third-order valence-electron chi connectivity index (χ3n) is 3.29. The normalized spacial score (nSPS) is 11.1. The molecule has 0 saturated heterocycles. The Balaban J connectivity index is 2.57. The Kier molecular flexibility index (Phi) is 4.99. The molecule has 24 heavy (non-hydrogen) atoms. The molecule has 124 valence electrons. The summed E-state index contributed by atoms with van der Waals surface area (Å²) in [5.74, 6) is 1.56. The summed E-state index contributed by atoms with van der Waals surface area (Å²) >= 11 is 0. The molecule has 0 aliphatic carbocycles. The van der Waals surface area contributed by atoms with Gasteiger partial charge in [-0.2, -0.15) is 0 Å². The summed E-state index contributed by atoms with van der Waals surface area (Å²) in [6.07, 6.45) is 1.34. The van der Waals surface area contributed by atoms with Gasteiger partial charge in [-0.15, -0.1) is 0 Å². The molecule has 1 N–H and O–H groups in total. The monoisotopic (exact) mass is 329 g/mol. The van der Waals surface area contributed by atoms with Gasteiger partial charge in [0, 0.05) is 35.7 Å². The number of aromatic nitrogens is 1. The molecule has 0 radical (unpaired) electrons. The maximum absolute atomic E-state index is 14.0. The first-order chi connectivity index (χ1) is 11.2. The third kappa shape index (κ3) is 4.17. The topological polar surface area (TPSA) is 50.2 Å². The van der Waals surface area contributed by atoms with Crippen LogP contribution in [-0.4, -0.2) is 16.1 Å². The highest BCUT2D eigenvalue weighted by molar-refractivity contribution is 5.88. The first kappa shape index (κ1) is 17.6. The predicted molar refractivity (Wildman–Crippen MR) is 87.9 cm³/mol. The number of nitrogens with zero attached hydrogens (tertiary/aromatic N) is 1. The van der Waals surface area contributed by atoms with Crippen LogP contribution in [-0.2, 0) is 5.92 Å². The van der Waals surface area contributed by atoms with Crippen LogP contribution in [0.2, 0.25) is 0 Å². The molecular formula is C19H17F2NO2. The summed E-state index contributed by atoms with van der Waals surface area (Å²) in [5.41, 5.74) is 0.854. The van der Waals surface area contributed by atoms with Crippen LogP contribution in [0.15, 0.2) is 36.5 Å². The zero-order valence-electron chi connectivity index (χ0n) is 13.6. The molecule has 2 rings (SSSR count). The number of hydrogen-bond donors (Lipinski definition) is 1. The number of carboxylic acid groups (broad SMARTS) is 1. The van der Waals surface area contributed by atoms with Crippen molar-refractivity contribution in [2.24, 2.45) is 5.92 Å². The van der Waals surface area contributed by atoms with Crippen LogP contribution < -0.4 is 0 Å². The average Bonchev–Trinajstić information content (AvgIpc) is 2.52. The van der Waals surface area contributed by atoms with Gasteiger partial charge in [0.15, 0.2) is 0 Å². The van der Waals surface area contributed by atoms with Crippen LogP contribution in [0, 0.1) is 17.8 Å². The standard InChI is InChI=1S/C19H17F2NO2/c1-12(2)4-5-13-6-7-14(10-16(13)19(3,20)21)17-11-15(18(23)24)8-9-22-17/h6-12H,1-3H3,(H,23,24). The molecule has 0 aliphatic heterocycles. The summed E-state index contributed by atoms with van der Waals surface area (Å²) in [6.45, 7) is 4.58. The first-order valence-corrected chi connectivity index (χ1v) is 7.42. The Morgan fingerprint density at radius 3 is 2.54 bits per heavy atom. The van der Waals surface area contributed by atoms with Gasteiger partial charge in [-0.3, -0.25) is 4.98 Å². The molecule has 5 heteroatoms. The zero-order valence-corrected chi connectivity index (χ0v) is 13.6. The van der Waals surface area contributed by atoms with Gasteiger partial charge in [-0.05, 0) is 24.3 Å². The lowest BCUT2D eigenvalue weighted by Gasteiger charge is -2.15. The Morgan fingerprint density at radius 1 is 1.25 bits per heavy atom. The lowest BCUT2D eigenvalue weighted by molar-refractivity contribution is 0.0172. The number of benzene rings is 1. The average molecular weight is 329 g/mol. The highest BCUT2D eigenvalue weighted by atomic mass is 19.3. The van der Waals surface area contributed by atoms with E-state index in [0.717, 1.165) is 6.92 Å². The molecule has 1 aromatic carbocycles. The van der Waals surface area contributed by atoms with E-state index in [-0.39, 0.29) is 22.6 Å². The van der Waals surface area contributed by atoms with Crippen LogP contribution in [0.3, 0.4) is 0 Å². The Labute approximate surface area is 139 Å². The second-order valence-corrected chi connectivity index (χ2v) is 5.81. The van der Waals surface area contributed by atoms with Gasteiger partial charge in [-0.25, -0.2) is 13.6 Å². The number of carboxylic acids is 1. The molecule has 0 saturated carbocycles. The third-order valence-corrected chi connectivity index (χ3v) is 3.29. The fourth-order valence-electron chi connectivity index (χ4n) is 2.12. The molecule has 2 aromatic rings. The van der Waals surface area contributed by atoms with Crippen molar-refractivity contribution in [3.8, 4) is 23.1 Å². The number of rotatable bonds is 3. The van der Waals surface area contributed by atoms with Crippen molar-refractivity contribution in [3.63, 3.8) is 0 Å². The lowest BCUT2D eigenvalue weighted by Crippen LogP contribution is -2.10. The second-order valence-electron chi connectivity index (χ2n) is 5.81. The van der Waals surface area contributed by atoms with Crippen molar-refractivity contribution in [2.75, 3.05) is 0 Å². The Bertz CT molecular complexity index is 827. The van der Waals surface area contributed by atoms with Gasteiger partial charge in [0.05, 0.1) is 11.3 Å². The van der Waals surface area contributed by atoms with E-state index in [2.05, 4.69) is 16.8 Å². The molecule has 0 spiro atoms. The van der Waals surface area contributed by atoms with Crippen LogP contribution in [0.5, 0.6) is 0 Å². The van der Waals surface area contributed by atoms with E-state index in [1.54, 1.807) is 6.07 Å². The van der Waals surface area contributed by atoms with Gasteiger partial charge in [0.25, 0.3) is 5.92 Å². The number of carbonyl (C=O) groups is 1. The number of halogens is 2. The first-order valence-electron chi connectivity index (χ1n) is 7.42. The van der Waals surface area contributed by atoms with Crippen molar-refractivity contribution in [1.29, 1.82) is 0 Å². The van der Waals surface area contributed by atoms with E-state index >= 15 is 0 Å². The van der Waals surface area contributed by atoms with E-state index in [4.69, 9.17) is 5.11 Å². The molecule has 0 atom stereocenters.